The molecule has 2 N–H and O–H groups in total. The molecule has 8 heteroatoms. The number of ether oxygens (including phenoxy) is 1. The van der Waals surface area contributed by atoms with Crippen molar-refractivity contribution in [3.8, 4) is 17.0 Å². The number of hydrogen-bond acceptors (Lipinski definition) is 6. The fraction of sp³-hybridized carbons (Fsp3) is 0.393. The minimum Gasteiger partial charge on any atom is -0.494 e. The highest BCUT2D eigenvalue weighted by Gasteiger charge is 2.22. The molecule has 2 aromatic carbocycles. The number of nitrogens with one attached hydrogen (secondary N) is 2. The van der Waals surface area contributed by atoms with Gasteiger partial charge in [0, 0.05) is 27.4 Å². The number of nitrogens with zero attached hydrogens (tertiary/aromatic N) is 1. The van der Waals surface area contributed by atoms with Crippen LogP contribution in [0.15, 0.2) is 58.8 Å². The quantitative estimate of drug-likeness (QED) is 0.274. The van der Waals surface area contributed by atoms with Gasteiger partial charge in [0.15, 0.2) is 5.13 Å². The standard InChI is InChI=1S/C28H33N3O3S2/c1-3-25(36-23-12-8-11-21(17-23)29-26(32)20-9-6-5-7-10-20)27(33)31-28-30-24(18-35-28)19-13-15-22(16-14-19)34-4-2/h8,11-18,20,25H,3-7,9-10H2,1-2H3,(H,29,32)(H,30,31,33). The molecule has 1 saturated carbocycles. The van der Waals surface area contributed by atoms with Crippen molar-refractivity contribution in [2.24, 2.45) is 5.92 Å². The summed E-state index contributed by atoms with van der Waals surface area (Å²) in [6, 6.07) is 15.5. The Balaban J connectivity index is 1.35. The van der Waals surface area contributed by atoms with Gasteiger partial charge in [-0.1, -0.05) is 32.3 Å². The van der Waals surface area contributed by atoms with Crippen LogP contribution in [0.4, 0.5) is 10.8 Å². The van der Waals surface area contributed by atoms with E-state index in [1.165, 1.54) is 29.5 Å². The highest BCUT2D eigenvalue weighted by Crippen LogP contribution is 2.31. The van der Waals surface area contributed by atoms with Crippen molar-refractivity contribution in [1.82, 2.24) is 4.98 Å². The summed E-state index contributed by atoms with van der Waals surface area (Å²) >= 11 is 2.91. The third-order valence-electron chi connectivity index (χ3n) is 6.21. The summed E-state index contributed by atoms with van der Waals surface area (Å²) in [5.74, 6) is 0.959. The Hall–Kier alpha value is -2.84. The molecule has 0 aliphatic heterocycles. The molecule has 6 nitrogen and oxygen atoms in total. The molecule has 1 unspecified atom stereocenters. The molecule has 36 heavy (non-hydrogen) atoms. The third-order valence-corrected chi connectivity index (χ3v) is 8.33. The van der Waals surface area contributed by atoms with Gasteiger partial charge in [-0.3, -0.25) is 9.59 Å². The number of thiazole rings is 1. The van der Waals surface area contributed by atoms with Crippen molar-refractivity contribution in [2.75, 3.05) is 17.2 Å². The van der Waals surface area contributed by atoms with Crippen LogP contribution in [0.2, 0.25) is 0 Å². The molecule has 1 heterocycles. The monoisotopic (exact) mass is 523 g/mol. The summed E-state index contributed by atoms with van der Waals surface area (Å²) < 4.78 is 5.50. The second-order valence-electron chi connectivity index (χ2n) is 8.85. The number of anilines is 2. The third kappa shape index (κ3) is 7.11. The van der Waals surface area contributed by atoms with Gasteiger partial charge in [-0.25, -0.2) is 4.98 Å². The molecule has 1 fully saturated rings. The topological polar surface area (TPSA) is 80.3 Å². The Morgan fingerprint density at radius 1 is 1.08 bits per heavy atom. The minimum atomic E-state index is -0.271. The molecular formula is C28H33N3O3S2. The summed E-state index contributed by atoms with van der Waals surface area (Å²) in [4.78, 5) is 31.2. The smallest absolute Gasteiger partial charge is 0.239 e. The predicted molar refractivity (Wildman–Crippen MR) is 149 cm³/mol. The molecule has 0 saturated heterocycles. The largest absolute Gasteiger partial charge is 0.494 e. The van der Waals surface area contributed by atoms with E-state index < -0.39 is 0 Å². The van der Waals surface area contributed by atoms with Gasteiger partial charge in [-0.05, 0) is 68.7 Å². The van der Waals surface area contributed by atoms with Crippen molar-refractivity contribution in [3.63, 3.8) is 0 Å². The molecule has 3 aromatic rings. The van der Waals surface area contributed by atoms with E-state index in [9.17, 15) is 9.59 Å². The van der Waals surface area contributed by atoms with Crippen LogP contribution in [0.5, 0.6) is 5.75 Å². The molecule has 0 radical (unpaired) electrons. The van der Waals surface area contributed by atoms with E-state index in [2.05, 4.69) is 15.6 Å². The number of rotatable bonds is 10. The Morgan fingerprint density at radius 3 is 2.58 bits per heavy atom. The zero-order valence-corrected chi connectivity index (χ0v) is 22.4. The number of benzene rings is 2. The Labute approximate surface area is 221 Å². The molecule has 1 aromatic heterocycles. The highest BCUT2D eigenvalue weighted by molar-refractivity contribution is 8.00. The van der Waals surface area contributed by atoms with E-state index in [1.807, 2.05) is 67.8 Å². The van der Waals surface area contributed by atoms with E-state index in [0.29, 0.717) is 18.2 Å². The van der Waals surface area contributed by atoms with Gasteiger partial charge in [0.25, 0.3) is 0 Å². The fourth-order valence-corrected chi connectivity index (χ4v) is 6.02. The van der Waals surface area contributed by atoms with Gasteiger partial charge in [0.05, 0.1) is 17.6 Å². The highest BCUT2D eigenvalue weighted by atomic mass is 32.2. The van der Waals surface area contributed by atoms with Crippen molar-refractivity contribution in [3.05, 3.63) is 53.9 Å². The first-order valence-corrected chi connectivity index (χ1v) is 14.4. The minimum absolute atomic E-state index is 0.0771. The molecule has 1 aliphatic rings. The summed E-state index contributed by atoms with van der Waals surface area (Å²) in [5, 5.41) is 8.30. The normalized spacial score (nSPS) is 14.7. The number of hydrogen-bond donors (Lipinski definition) is 2. The van der Waals surface area contributed by atoms with Crippen LogP contribution in [-0.4, -0.2) is 28.7 Å². The van der Waals surface area contributed by atoms with Gasteiger partial charge in [-0.15, -0.1) is 23.1 Å². The SMILES string of the molecule is CCOc1ccc(-c2csc(NC(=O)C(CC)Sc3cccc(NC(=O)C4CCCCC4)c3)n2)cc1. The molecular weight excluding hydrogens is 490 g/mol. The van der Waals surface area contributed by atoms with Gasteiger partial charge in [-0.2, -0.15) is 0 Å². The maximum absolute atomic E-state index is 13.0. The van der Waals surface area contributed by atoms with Gasteiger partial charge >= 0.3 is 0 Å². The second-order valence-corrected chi connectivity index (χ2v) is 11.0. The number of carbonyl (C=O) groups is 2. The van der Waals surface area contributed by atoms with Crippen LogP contribution in [-0.2, 0) is 9.59 Å². The summed E-state index contributed by atoms with van der Waals surface area (Å²) in [6.45, 7) is 4.58. The van der Waals surface area contributed by atoms with Gasteiger partial charge in [0.2, 0.25) is 11.8 Å². The molecule has 2 amide bonds. The number of aromatic nitrogens is 1. The van der Waals surface area contributed by atoms with E-state index in [0.717, 1.165) is 53.3 Å². The molecule has 1 aliphatic carbocycles. The molecule has 0 bridgehead atoms. The summed E-state index contributed by atoms with van der Waals surface area (Å²) in [5.41, 5.74) is 2.58. The second kappa shape index (κ2) is 12.9. The Kier molecular flexibility index (Phi) is 9.41. The van der Waals surface area contributed by atoms with E-state index in [4.69, 9.17) is 4.74 Å². The predicted octanol–water partition coefficient (Wildman–Crippen LogP) is 7.24. The lowest BCUT2D eigenvalue weighted by molar-refractivity contribution is -0.120. The molecule has 1 atom stereocenters. The summed E-state index contributed by atoms with van der Waals surface area (Å²) in [7, 11) is 0. The van der Waals surface area contributed by atoms with Crippen LogP contribution in [0.1, 0.15) is 52.4 Å². The maximum atomic E-state index is 13.0. The first kappa shape index (κ1) is 26.2. The van der Waals surface area contributed by atoms with Crippen molar-refractivity contribution in [1.29, 1.82) is 0 Å². The van der Waals surface area contributed by atoms with E-state index in [-0.39, 0.29) is 23.0 Å². The van der Waals surface area contributed by atoms with Crippen LogP contribution < -0.4 is 15.4 Å². The van der Waals surface area contributed by atoms with Crippen molar-refractivity contribution in [2.45, 2.75) is 62.5 Å². The molecule has 190 valence electrons. The summed E-state index contributed by atoms with van der Waals surface area (Å²) in [6.07, 6.45) is 6.08. The number of carbonyl (C=O) groups excluding carboxylic acids is 2. The fourth-order valence-electron chi connectivity index (χ4n) is 4.28. The Morgan fingerprint density at radius 2 is 1.86 bits per heavy atom. The van der Waals surface area contributed by atoms with Crippen LogP contribution >= 0.6 is 23.1 Å². The first-order valence-electron chi connectivity index (χ1n) is 12.6. The molecule has 4 rings (SSSR count). The zero-order chi connectivity index (χ0) is 25.3. The van der Waals surface area contributed by atoms with E-state index >= 15 is 0 Å². The average Bonchev–Trinajstić information content (AvgIpc) is 3.37. The van der Waals surface area contributed by atoms with Crippen LogP contribution in [0, 0.1) is 5.92 Å². The zero-order valence-electron chi connectivity index (χ0n) is 20.8. The number of thioether (sulfide) groups is 1. The lowest BCUT2D eigenvalue weighted by Gasteiger charge is -2.21. The van der Waals surface area contributed by atoms with Crippen molar-refractivity contribution >= 4 is 45.7 Å². The van der Waals surface area contributed by atoms with E-state index in [1.54, 1.807) is 0 Å². The van der Waals surface area contributed by atoms with Crippen molar-refractivity contribution < 1.29 is 14.3 Å². The van der Waals surface area contributed by atoms with Crippen LogP contribution in [0.3, 0.4) is 0 Å². The maximum Gasteiger partial charge on any atom is 0.239 e. The molecule has 0 spiro atoms. The van der Waals surface area contributed by atoms with Gasteiger partial charge < -0.3 is 15.4 Å². The van der Waals surface area contributed by atoms with Crippen LogP contribution in [0.25, 0.3) is 11.3 Å². The van der Waals surface area contributed by atoms with Gasteiger partial charge in [0.1, 0.15) is 5.75 Å². The Bertz CT molecular complexity index is 1160. The average molecular weight is 524 g/mol. The number of amides is 2. The first-order chi connectivity index (χ1) is 17.6. The lowest BCUT2D eigenvalue weighted by Crippen LogP contribution is -2.25. The lowest BCUT2D eigenvalue weighted by atomic mass is 9.88.